The molecule has 1 saturated carbocycles. The molecule has 6 nitrogen and oxygen atoms in total. The van der Waals surface area contributed by atoms with E-state index in [4.69, 9.17) is 0 Å². The summed E-state index contributed by atoms with van der Waals surface area (Å²) in [5, 5.41) is 14.4. The Kier molecular flexibility index (Phi) is 4.73. The van der Waals surface area contributed by atoms with Crippen molar-refractivity contribution in [3.8, 4) is 0 Å². The molecule has 1 aromatic heterocycles. The Morgan fingerprint density at radius 2 is 1.91 bits per heavy atom. The van der Waals surface area contributed by atoms with Crippen molar-refractivity contribution >= 4 is 5.91 Å². The lowest BCUT2D eigenvalue weighted by Gasteiger charge is -2.39. The highest BCUT2D eigenvalue weighted by molar-refractivity contribution is 5.79. The maximum Gasteiger partial charge on any atom is 0.227 e. The lowest BCUT2D eigenvalue weighted by atomic mass is 10.1. The fourth-order valence-corrected chi connectivity index (χ4v) is 3.99. The Balaban J connectivity index is 1.56. The van der Waals surface area contributed by atoms with E-state index >= 15 is 0 Å². The van der Waals surface area contributed by atoms with E-state index in [9.17, 15) is 9.90 Å². The van der Waals surface area contributed by atoms with Crippen LogP contribution in [0.1, 0.15) is 36.2 Å². The van der Waals surface area contributed by atoms with Crippen LogP contribution in [0.3, 0.4) is 0 Å². The molecule has 2 atom stereocenters. The highest BCUT2D eigenvalue weighted by atomic mass is 16.3. The highest BCUT2D eigenvalue weighted by Gasteiger charge is 2.33. The number of amides is 1. The summed E-state index contributed by atoms with van der Waals surface area (Å²) >= 11 is 0. The van der Waals surface area contributed by atoms with Gasteiger partial charge in [0.25, 0.3) is 0 Å². The topological polar surface area (TPSA) is 61.6 Å². The summed E-state index contributed by atoms with van der Waals surface area (Å²) < 4.78 is 1.84. The maximum atomic E-state index is 12.6. The van der Waals surface area contributed by atoms with Crippen LogP contribution in [-0.2, 0) is 18.3 Å². The standard InChI is InChI=1S/C17H28N4O2/c1-12-14(13(2)19(3)18-12)11-17(23)21-9-7-20(8-10-21)15-5-4-6-16(15)22/h15-16,22H,4-11H2,1-3H3/t15-,16-/m1/s1. The minimum atomic E-state index is -0.182. The summed E-state index contributed by atoms with van der Waals surface area (Å²) in [7, 11) is 1.92. The smallest absolute Gasteiger partial charge is 0.227 e. The van der Waals surface area contributed by atoms with E-state index in [2.05, 4.69) is 10.00 Å². The monoisotopic (exact) mass is 320 g/mol. The van der Waals surface area contributed by atoms with Gasteiger partial charge >= 0.3 is 0 Å². The molecule has 0 spiro atoms. The van der Waals surface area contributed by atoms with Crippen LogP contribution in [0.4, 0.5) is 0 Å². The van der Waals surface area contributed by atoms with Crippen LogP contribution in [0.15, 0.2) is 0 Å². The second kappa shape index (κ2) is 6.61. The maximum absolute atomic E-state index is 12.6. The predicted octanol–water partition coefficient (Wildman–Crippen LogP) is 0.637. The average molecular weight is 320 g/mol. The Hall–Kier alpha value is -1.40. The lowest BCUT2D eigenvalue weighted by Crippen LogP contribution is -2.53. The Labute approximate surface area is 138 Å². The molecular formula is C17H28N4O2. The van der Waals surface area contributed by atoms with Gasteiger partial charge in [-0.25, -0.2) is 0 Å². The minimum Gasteiger partial charge on any atom is -0.391 e. The third-order valence-corrected chi connectivity index (χ3v) is 5.57. The third kappa shape index (κ3) is 3.28. The molecule has 128 valence electrons. The number of nitrogens with zero attached hydrogens (tertiary/aromatic N) is 4. The summed E-state index contributed by atoms with van der Waals surface area (Å²) in [5.41, 5.74) is 3.08. The SMILES string of the molecule is Cc1nn(C)c(C)c1CC(=O)N1CCN([C@@H]2CCC[C@H]2O)CC1. The third-order valence-electron chi connectivity index (χ3n) is 5.57. The number of carbonyl (C=O) groups is 1. The highest BCUT2D eigenvalue weighted by Crippen LogP contribution is 2.25. The van der Waals surface area contributed by atoms with Gasteiger partial charge in [-0.05, 0) is 33.1 Å². The largest absolute Gasteiger partial charge is 0.391 e. The normalized spacial score (nSPS) is 26.0. The Morgan fingerprint density at radius 3 is 2.43 bits per heavy atom. The Bertz CT molecular complexity index is 575. The molecule has 0 radical (unpaired) electrons. The quantitative estimate of drug-likeness (QED) is 0.888. The molecule has 0 bridgehead atoms. The molecule has 1 aromatic rings. The molecule has 6 heteroatoms. The first-order valence-electron chi connectivity index (χ1n) is 8.66. The van der Waals surface area contributed by atoms with E-state index in [1.807, 2.05) is 30.5 Å². The van der Waals surface area contributed by atoms with E-state index in [0.717, 1.165) is 62.4 Å². The number of piperazine rings is 1. The molecule has 1 aliphatic carbocycles. The lowest BCUT2D eigenvalue weighted by molar-refractivity contribution is -0.132. The van der Waals surface area contributed by atoms with Gasteiger partial charge in [0, 0.05) is 50.5 Å². The first kappa shape index (κ1) is 16.5. The van der Waals surface area contributed by atoms with Gasteiger partial charge in [0.15, 0.2) is 0 Å². The van der Waals surface area contributed by atoms with E-state index in [1.54, 1.807) is 0 Å². The van der Waals surface area contributed by atoms with E-state index in [1.165, 1.54) is 0 Å². The number of hydrogen-bond acceptors (Lipinski definition) is 4. The molecule has 23 heavy (non-hydrogen) atoms. The fraction of sp³-hybridized carbons (Fsp3) is 0.765. The molecule has 2 fully saturated rings. The number of carbonyl (C=O) groups excluding carboxylic acids is 1. The van der Waals surface area contributed by atoms with Gasteiger partial charge < -0.3 is 10.0 Å². The second-order valence-corrected chi connectivity index (χ2v) is 6.93. The molecule has 0 unspecified atom stereocenters. The number of aryl methyl sites for hydroxylation is 2. The zero-order valence-electron chi connectivity index (χ0n) is 14.5. The molecule has 0 aromatic carbocycles. The van der Waals surface area contributed by atoms with Gasteiger partial charge in [-0.15, -0.1) is 0 Å². The van der Waals surface area contributed by atoms with Crippen molar-refractivity contribution in [2.24, 2.45) is 7.05 Å². The minimum absolute atomic E-state index is 0.182. The molecule has 1 saturated heterocycles. The zero-order valence-corrected chi connectivity index (χ0v) is 14.5. The number of aliphatic hydroxyl groups excluding tert-OH is 1. The molecule has 1 amide bonds. The van der Waals surface area contributed by atoms with Crippen LogP contribution in [0.2, 0.25) is 0 Å². The number of hydrogen-bond donors (Lipinski definition) is 1. The number of aliphatic hydroxyl groups is 1. The molecule has 2 heterocycles. The summed E-state index contributed by atoms with van der Waals surface area (Å²) in [5.74, 6) is 0.191. The number of rotatable bonds is 3. The van der Waals surface area contributed by atoms with Crippen LogP contribution in [0.5, 0.6) is 0 Å². The predicted molar refractivity (Wildman–Crippen MR) is 88.2 cm³/mol. The zero-order chi connectivity index (χ0) is 16.6. The van der Waals surface area contributed by atoms with Gasteiger partial charge in [-0.1, -0.05) is 0 Å². The number of aromatic nitrogens is 2. The first-order chi connectivity index (χ1) is 11.0. The fourth-order valence-electron chi connectivity index (χ4n) is 3.99. The molecule has 1 aliphatic heterocycles. The van der Waals surface area contributed by atoms with Crippen molar-refractivity contribution in [1.29, 1.82) is 0 Å². The van der Waals surface area contributed by atoms with E-state index < -0.39 is 0 Å². The van der Waals surface area contributed by atoms with Gasteiger partial charge in [0.1, 0.15) is 0 Å². The first-order valence-corrected chi connectivity index (χ1v) is 8.66. The van der Waals surface area contributed by atoms with Crippen molar-refractivity contribution in [2.75, 3.05) is 26.2 Å². The summed E-state index contributed by atoms with van der Waals surface area (Å²) in [6, 6.07) is 0.301. The van der Waals surface area contributed by atoms with Crippen molar-refractivity contribution < 1.29 is 9.90 Å². The van der Waals surface area contributed by atoms with Crippen LogP contribution in [0, 0.1) is 13.8 Å². The van der Waals surface area contributed by atoms with Gasteiger partial charge in [-0.2, -0.15) is 5.10 Å². The van der Waals surface area contributed by atoms with Crippen LogP contribution >= 0.6 is 0 Å². The van der Waals surface area contributed by atoms with Gasteiger partial charge in [-0.3, -0.25) is 14.4 Å². The summed E-state index contributed by atoms with van der Waals surface area (Å²) in [6.45, 7) is 7.26. The summed E-state index contributed by atoms with van der Waals surface area (Å²) in [4.78, 5) is 16.9. The summed E-state index contributed by atoms with van der Waals surface area (Å²) in [6.07, 6.45) is 3.38. The van der Waals surface area contributed by atoms with Crippen LogP contribution in [0.25, 0.3) is 0 Å². The molecule has 3 rings (SSSR count). The second-order valence-electron chi connectivity index (χ2n) is 6.93. The van der Waals surface area contributed by atoms with Crippen LogP contribution in [-0.4, -0.2) is 68.9 Å². The molecule has 1 N–H and O–H groups in total. The van der Waals surface area contributed by atoms with Crippen molar-refractivity contribution in [2.45, 2.75) is 51.7 Å². The Morgan fingerprint density at radius 1 is 1.22 bits per heavy atom. The van der Waals surface area contributed by atoms with Crippen molar-refractivity contribution in [3.05, 3.63) is 17.0 Å². The van der Waals surface area contributed by atoms with E-state index in [0.29, 0.717) is 12.5 Å². The van der Waals surface area contributed by atoms with E-state index in [-0.39, 0.29) is 12.0 Å². The molecule has 2 aliphatic rings. The van der Waals surface area contributed by atoms with Crippen molar-refractivity contribution in [3.63, 3.8) is 0 Å². The van der Waals surface area contributed by atoms with Crippen LogP contribution < -0.4 is 0 Å². The molecular weight excluding hydrogens is 292 g/mol. The van der Waals surface area contributed by atoms with Gasteiger partial charge in [0.2, 0.25) is 5.91 Å². The van der Waals surface area contributed by atoms with Crippen molar-refractivity contribution in [1.82, 2.24) is 19.6 Å². The van der Waals surface area contributed by atoms with Gasteiger partial charge in [0.05, 0.1) is 18.2 Å². The average Bonchev–Trinajstić information content (AvgIpc) is 3.06.